The van der Waals surface area contributed by atoms with Crippen LogP contribution in [0, 0.1) is 0 Å². The number of hydrogen-bond donors (Lipinski definition) is 3. The molecule has 0 unspecified atom stereocenters. The van der Waals surface area contributed by atoms with Gasteiger partial charge >= 0.3 is 5.69 Å². The van der Waals surface area contributed by atoms with Gasteiger partial charge in [0.2, 0.25) is 5.95 Å². The smallest absolute Gasteiger partial charge is 0.329 e. The van der Waals surface area contributed by atoms with Crippen molar-refractivity contribution in [2.75, 3.05) is 19.1 Å². The zero-order valence-corrected chi connectivity index (χ0v) is 21.2. The molecular weight excluding hydrogens is 476 g/mol. The molecule has 11 nitrogen and oxygen atoms in total. The average molecular weight is 507 g/mol. The largest absolute Gasteiger partial charge is 0.497 e. The number of fused-ring (bicyclic) bond motifs is 1. The van der Waals surface area contributed by atoms with Gasteiger partial charge in [-0.25, -0.2) is 10.2 Å². The summed E-state index contributed by atoms with van der Waals surface area (Å²) in [4.78, 5) is 31.6. The van der Waals surface area contributed by atoms with Crippen molar-refractivity contribution < 1.29 is 14.6 Å². The van der Waals surface area contributed by atoms with Gasteiger partial charge in [0.05, 0.1) is 19.4 Å². The molecule has 194 valence electrons. The molecule has 0 aliphatic rings. The van der Waals surface area contributed by atoms with Gasteiger partial charge in [0.15, 0.2) is 11.2 Å². The van der Waals surface area contributed by atoms with Crippen LogP contribution < -0.4 is 26.1 Å². The molecule has 0 aliphatic carbocycles. The van der Waals surface area contributed by atoms with E-state index in [0.29, 0.717) is 11.5 Å². The Morgan fingerprint density at radius 1 is 1.14 bits per heavy atom. The summed E-state index contributed by atoms with van der Waals surface area (Å²) in [6.07, 6.45) is -0.0590. The summed E-state index contributed by atoms with van der Waals surface area (Å²) in [7, 11) is 3.10. The maximum Gasteiger partial charge on any atom is 0.329 e. The number of aryl methyl sites for hydroxylation is 2. The third kappa shape index (κ3) is 5.72. The van der Waals surface area contributed by atoms with Crippen molar-refractivity contribution in [2.24, 2.45) is 12.1 Å². The molecule has 0 amide bonds. The lowest BCUT2D eigenvalue weighted by Crippen LogP contribution is -2.30. The van der Waals surface area contributed by atoms with Crippen LogP contribution in [0.2, 0.25) is 0 Å². The molecule has 0 bridgehead atoms. The molecule has 2 aromatic carbocycles. The number of hydrogen-bond acceptors (Lipinski definition) is 8. The van der Waals surface area contributed by atoms with Gasteiger partial charge in [-0.2, -0.15) is 10.1 Å². The normalized spacial score (nSPS) is 12.5. The fourth-order valence-corrected chi connectivity index (χ4v) is 3.81. The van der Waals surface area contributed by atoms with Crippen LogP contribution in [0.25, 0.3) is 11.2 Å². The third-order valence-corrected chi connectivity index (χ3v) is 6.01. The highest BCUT2D eigenvalue weighted by Crippen LogP contribution is 2.18. The molecule has 0 saturated carbocycles. The van der Waals surface area contributed by atoms with Gasteiger partial charge in [0, 0.05) is 7.05 Å². The summed E-state index contributed by atoms with van der Waals surface area (Å²) in [6, 6.07) is 15.0. The van der Waals surface area contributed by atoms with Crippen LogP contribution in [0.4, 0.5) is 5.95 Å². The third-order valence-electron chi connectivity index (χ3n) is 6.01. The summed E-state index contributed by atoms with van der Waals surface area (Å²) in [5, 5.41) is 15.2. The lowest BCUT2D eigenvalue weighted by Gasteiger charge is -2.15. The maximum absolute atomic E-state index is 12.7. The number of aliphatic hydroxyl groups excluding tert-OH is 1. The Bertz CT molecular complexity index is 1520. The summed E-state index contributed by atoms with van der Waals surface area (Å²) in [5.41, 5.74) is 4.67. The second kappa shape index (κ2) is 11.1. The van der Waals surface area contributed by atoms with Crippen molar-refractivity contribution in [1.29, 1.82) is 0 Å². The van der Waals surface area contributed by atoms with Crippen LogP contribution >= 0.6 is 0 Å². The second-order valence-corrected chi connectivity index (χ2v) is 8.54. The van der Waals surface area contributed by atoms with E-state index in [-0.39, 0.29) is 30.3 Å². The number of ether oxygens (including phenoxy) is 2. The van der Waals surface area contributed by atoms with Gasteiger partial charge in [-0.05, 0) is 60.9 Å². The SMILES string of the molecule is CCc1ccc(OC[C@@H](O)Cn2c(N/N=C(/C)c3ccc(OC)cc3)nc3c2c(=O)[nH]c(=O)n3C)cc1. The van der Waals surface area contributed by atoms with Gasteiger partial charge in [0.1, 0.15) is 24.2 Å². The van der Waals surface area contributed by atoms with Crippen LogP contribution in [0.5, 0.6) is 11.5 Å². The molecule has 4 rings (SSSR count). The van der Waals surface area contributed by atoms with Crippen molar-refractivity contribution in [2.45, 2.75) is 32.9 Å². The number of aliphatic hydroxyl groups is 1. The summed E-state index contributed by atoms with van der Waals surface area (Å²) in [5.74, 6) is 1.55. The Balaban J connectivity index is 1.61. The van der Waals surface area contributed by atoms with Crippen molar-refractivity contribution in [3.8, 4) is 11.5 Å². The van der Waals surface area contributed by atoms with Crippen LogP contribution in [-0.4, -0.2) is 49.7 Å². The predicted octanol–water partition coefficient (Wildman–Crippen LogP) is 2.27. The number of aromatic amines is 1. The maximum atomic E-state index is 12.7. The molecule has 37 heavy (non-hydrogen) atoms. The fraction of sp³-hybridized carbons (Fsp3) is 0.308. The van der Waals surface area contributed by atoms with Crippen molar-refractivity contribution >= 4 is 22.8 Å². The van der Waals surface area contributed by atoms with E-state index >= 15 is 0 Å². The van der Waals surface area contributed by atoms with E-state index in [1.54, 1.807) is 7.11 Å². The summed E-state index contributed by atoms with van der Waals surface area (Å²) in [6.45, 7) is 3.85. The molecule has 2 aromatic heterocycles. The van der Waals surface area contributed by atoms with E-state index in [0.717, 1.165) is 17.7 Å². The van der Waals surface area contributed by atoms with Gasteiger partial charge in [-0.1, -0.05) is 19.1 Å². The Morgan fingerprint density at radius 3 is 2.46 bits per heavy atom. The van der Waals surface area contributed by atoms with Gasteiger partial charge in [0.25, 0.3) is 5.56 Å². The molecule has 0 saturated heterocycles. The van der Waals surface area contributed by atoms with E-state index < -0.39 is 17.4 Å². The summed E-state index contributed by atoms with van der Waals surface area (Å²) >= 11 is 0. The minimum Gasteiger partial charge on any atom is -0.497 e. The van der Waals surface area contributed by atoms with Crippen LogP contribution in [0.3, 0.4) is 0 Å². The minimum absolute atomic E-state index is 0.0115. The quantitative estimate of drug-likeness (QED) is 0.222. The van der Waals surface area contributed by atoms with Gasteiger partial charge < -0.3 is 19.1 Å². The van der Waals surface area contributed by atoms with Crippen LogP contribution in [0.15, 0.2) is 63.2 Å². The number of methoxy groups -OCH3 is 1. The number of imidazole rings is 1. The monoisotopic (exact) mass is 506 g/mol. The van der Waals surface area contributed by atoms with E-state index in [1.807, 2.05) is 55.5 Å². The number of nitrogens with one attached hydrogen (secondary N) is 2. The molecular formula is C26H30N6O5. The Hall–Kier alpha value is -4.38. The first kappa shape index (κ1) is 25.7. The molecule has 0 aliphatic heterocycles. The predicted molar refractivity (Wildman–Crippen MR) is 142 cm³/mol. The molecule has 0 fully saturated rings. The highest BCUT2D eigenvalue weighted by molar-refractivity contribution is 5.99. The van der Waals surface area contributed by atoms with Gasteiger partial charge in [-0.3, -0.25) is 14.3 Å². The van der Waals surface area contributed by atoms with E-state index in [4.69, 9.17) is 9.47 Å². The van der Waals surface area contributed by atoms with Crippen molar-refractivity contribution in [1.82, 2.24) is 19.1 Å². The molecule has 2 heterocycles. The first-order chi connectivity index (χ1) is 17.8. The van der Waals surface area contributed by atoms with E-state index in [2.05, 4.69) is 27.4 Å². The summed E-state index contributed by atoms with van der Waals surface area (Å²) < 4.78 is 13.7. The molecule has 1 atom stereocenters. The Kier molecular flexibility index (Phi) is 7.73. The van der Waals surface area contributed by atoms with Gasteiger partial charge in [-0.15, -0.1) is 0 Å². The number of H-pyrrole nitrogens is 1. The van der Waals surface area contributed by atoms with E-state index in [1.165, 1.54) is 21.7 Å². The zero-order valence-electron chi connectivity index (χ0n) is 21.2. The number of hydrazone groups is 1. The number of rotatable bonds is 10. The van der Waals surface area contributed by atoms with Crippen molar-refractivity contribution in [3.05, 3.63) is 80.5 Å². The topological polar surface area (TPSA) is 136 Å². The zero-order chi connectivity index (χ0) is 26.5. The van der Waals surface area contributed by atoms with Crippen LogP contribution in [0.1, 0.15) is 25.0 Å². The van der Waals surface area contributed by atoms with E-state index in [9.17, 15) is 14.7 Å². The fourth-order valence-electron chi connectivity index (χ4n) is 3.81. The molecule has 0 spiro atoms. The molecule has 4 aromatic rings. The molecule has 11 heteroatoms. The van der Waals surface area contributed by atoms with Crippen molar-refractivity contribution in [3.63, 3.8) is 0 Å². The Morgan fingerprint density at radius 2 is 1.81 bits per heavy atom. The number of aromatic nitrogens is 4. The standard InChI is InChI=1S/C26H30N6O5/c1-5-17-6-10-21(11-7-17)37-15-19(33)14-32-22-23(31(3)26(35)28-24(22)34)27-25(32)30-29-16(2)18-8-12-20(36-4)13-9-18/h6-13,19,33H,5,14-15H2,1-4H3,(H,27,30)(H,28,34,35)/b29-16-/t19-/m0/s1. The average Bonchev–Trinajstić information content (AvgIpc) is 3.28. The Labute approximate surface area is 213 Å². The lowest BCUT2D eigenvalue weighted by molar-refractivity contribution is 0.0938. The number of benzene rings is 2. The number of anilines is 1. The highest BCUT2D eigenvalue weighted by Gasteiger charge is 2.20. The van der Waals surface area contributed by atoms with Crippen LogP contribution in [-0.2, 0) is 20.0 Å². The first-order valence-corrected chi connectivity index (χ1v) is 11.8. The molecule has 3 N–H and O–H groups in total. The minimum atomic E-state index is -0.980. The highest BCUT2D eigenvalue weighted by atomic mass is 16.5. The second-order valence-electron chi connectivity index (χ2n) is 8.54. The first-order valence-electron chi connectivity index (χ1n) is 11.8. The lowest BCUT2D eigenvalue weighted by atomic mass is 10.1. The number of nitrogens with zero attached hydrogens (tertiary/aromatic N) is 4. The molecule has 0 radical (unpaired) electrons.